The van der Waals surface area contributed by atoms with Gasteiger partial charge in [-0.3, -0.25) is 9.59 Å². The lowest BCUT2D eigenvalue weighted by Gasteiger charge is -2.31. The number of hydrogen-bond donors (Lipinski definition) is 1. The SMILES string of the molecule is COc1cc(C(C)=O)ccc1OCCCC(=O)NC1CCCC(C(F)(F)F)C1. The van der Waals surface area contributed by atoms with Gasteiger partial charge in [0.2, 0.25) is 5.91 Å². The second kappa shape index (κ2) is 9.80. The third kappa shape index (κ3) is 6.42. The lowest BCUT2D eigenvalue weighted by atomic mass is 9.85. The Morgan fingerprint density at radius 3 is 2.61 bits per heavy atom. The van der Waals surface area contributed by atoms with Gasteiger partial charge >= 0.3 is 6.18 Å². The number of carbonyl (C=O) groups excluding carboxylic acids is 2. The van der Waals surface area contributed by atoms with Crippen LogP contribution in [0, 0.1) is 5.92 Å². The minimum atomic E-state index is -4.20. The van der Waals surface area contributed by atoms with Crippen LogP contribution in [0.25, 0.3) is 0 Å². The molecule has 1 aliphatic rings. The fraction of sp³-hybridized carbons (Fsp3) is 0.600. The summed E-state index contributed by atoms with van der Waals surface area (Å²) in [5.41, 5.74) is 0.508. The molecule has 1 amide bonds. The molecule has 8 heteroatoms. The van der Waals surface area contributed by atoms with Gasteiger partial charge in [0.25, 0.3) is 0 Å². The lowest BCUT2D eigenvalue weighted by molar-refractivity contribution is -0.184. The van der Waals surface area contributed by atoms with E-state index in [1.54, 1.807) is 18.2 Å². The Labute approximate surface area is 162 Å². The summed E-state index contributed by atoms with van der Waals surface area (Å²) < 4.78 is 49.3. The smallest absolute Gasteiger partial charge is 0.391 e. The van der Waals surface area contributed by atoms with Crippen molar-refractivity contribution in [2.24, 2.45) is 5.92 Å². The number of ketones is 1. The van der Waals surface area contributed by atoms with Crippen molar-refractivity contribution in [2.75, 3.05) is 13.7 Å². The molecule has 0 saturated heterocycles. The van der Waals surface area contributed by atoms with E-state index in [0.29, 0.717) is 36.3 Å². The highest BCUT2D eigenvalue weighted by atomic mass is 19.4. The topological polar surface area (TPSA) is 64.6 Å². The van der Waals surface area contributed by atoms with E-state index in [1.165, 1.54) is 14.0 Å². The van der Waals surface area contributed by atoms with Gasteiger partial charge in [-0.1, -0.05) is 6.42 Å². The number of methoxy groups -OCH3 is 1. The Morgan fingerprint density at radius 2 is 1.96 bits per heavy atom. The van der Waals surface area contributed by atoms with Crippen LogP contribution in [0.2, 0.25) is 0 Å². The van der Waals surface area contributed by atoms with E-state index in [4.69, 9.17) is 9.47 Å². The molecular weight excluding hydrogens is 375 g/mol. The van der Waals surface area contributed by atoms with Crippen molar-refractivity contribution in [3.8, 4) is 11.5 Å². The van der Waals surface area contributed by atoms with Crippen molar-refractivity contribution in [1.29, 1.82) is 0 Å². The molecule has 0 spiro atoms. The van der Waals surface area contributed by atoms with Crippen LogP contribution in [-0.4, -0.2) is 37.6 Å². The first kappa shape index (κ1) is 22.0. The number of ether oxygens (including phenoxy) is 2. The third-order valence-electron chi connectivity index (χ3n) is 4.88. The highest BCUT2D eigenvalue weighted by Crippen LogP contribution is 2.37. The molecule has 0 heterocycles. The molecule has 1 aromatic rings. The van der Waals surface area contributed by atoms with Crippen molar-refractivity contribution < 1.29 is 32.2 Å². The van der Waals surface area contributed by atoms with Gasteiger partial charge in [-0.15, -0.1) is 0 Å². The first-order chi connectivity index (χ1) is 13.2. The zero-order valence-electron chi connectivity index (χ0n) is 16.1. The van der Waals surface area contributed by atoms with E-state index in [9.17, 15) is 22.8 Å². The van der Waals surface area contributed by atoms with Crippen LogP contribution >= 0.6 is 0 Å². The van der Waals surface area contributed by atoms with Crippen molar-refractivity contribution in [2.45, 2.75) is 57.7 Å². The summed E-state index contributed by atoms with van der Waals surface area (Å²) in [5.74, 6) is -0.793. The van der Waals surface area contributed by atoms with Crippen molar-refractivity contribution in [1.82, 2.24) is 5.32 Å². The molecule has 1 saturated carbocycles. The molecule has 0 bridgehead atoms. The fourth-order valence-corrected chi connectivity index (χ4v) is 3.34. The first-order valence-corrected chi connectivity index (χ1v) is 9.38. The fourth-order valence-electron chi connectivity index (χ4n) is 3.34. The second-order valence-corrected chi connectivity index (χ2v) is 7.04. The molecular formula is C20H26F3NO4. The van der Waals surface area contributed by atoms with E-state index >= 15 is 0 Å². The lowest BCUT2D eigenvalue weighted by Crippen LogP contribution is -2.41. The van der Waals surface area contributed by atoms with E-state index in [2.05, 4.69) is 5.32 Å². The summed E-state index contributed by atoms with van der Waals surface area (Å²) >= 11 is 0. The normalized spacial score (nSPS) is 19.8. The highest BCUT2D eigenvalue weighted by Gasteiger charge is 2.42. The van der Waals surface area contributed by atoms with Crippen LogP contribution in [0.1, 0.15) is 55.8 Å². The Kier molecular flexibility index (Phi) is 7.71. The van der Waals surface area contributed by atoms with E-state index in [1.807, 2.05) is 0 Å². The average Bonchev–Trinajstić information content (AvgIpc) is 2.64. The molecule has 1 fully saturated rings. The molecule has 5 nitrogen and oxygen atoms in total. The molecule has 28 heavy (non-hydrogen) atoms. The zero-order chi connectivity index (χ0) is 20.7. The molecule has 0 aliphatic heterocycles. The van der Waals surface area contributed by atoms with Gasteiger partial charge in [0.1, 0.15) is 0 Å². The molecule has 1 aliphatic carbocycles. The maximum absolute atomic E-state index is 12.8. The van der Waals surface area contributed by atoms with E-state index in [0.717, 1.165) is 0 Å². The summed E-state index contributed by atoms with van der Waals surface area (Å²) in [6.07, 6.45) is -2.49. The molecule has 1 N–H and O–H groups in total. The van der Waals surface area contributed by atoms with E-state index in [-0.39, 0.29) is 37.6 Å². The molecule has 2 atom stereocenters. The molecule has 2 rings (SSSR count). The maximum Gasteiger partial charge on any atom is 0.391 e. The minimum absolute atomic E-state index is 0.0502. The largest absolute Gasteiger partial charge is 0.493 e. The van der Waals surface area contributed by atoms with Crippen molar-refractivity contribution >= 4 is 11.7 Å². The number of Topliss-reactive ketones (excluding diaryl/α,β-unsaturated/α-hetero) is 1. The predicted molar refractivity (Wildman–Crippen MR) is 97.7 cm³/mol. The third-order valence-corrected chi connectivity index (χ3v) is 4.88. The Bertz CT molecular complexity index is 691. The molecule has 156 valence electrons. The van der Waals surface area contributed by atoms with Gasteiger partial charge in [-0.25, -0.2) is 0 Å². The summed E-state index contributed by atoms with van der Waals surface area (Å²) in [6.45, 7) is 1.70. The minimum Gasteiger partial charge on any atom is -0.493 e. The van der Waals surface area contributed by atoms with Crippen LogP contribution in [-0.2, 0) is 4.79 Å². The van der Waals surface area contributed by atoms with Gasteiger partial charge in [0.05, 0.1) is 19.6 Å². The van der Waals surface area contributed by atoms with E-state index < -0.39 is 18.1 Å². The molecule has 1 aromatic carbocycles. The standard InChI is InChI=1S/C20H26F3NO4/c1-13(25)14-8-9-17(18(11-14)27-2)28-10-4-7-19(26)24-16-6-3-5-15(12-16)20(21,22)23/h8-9,11,15-16H,3-7,10,12H2,1-2H3,(H,24,26). The number of nitrogens with one attached hydrogen (secondary N) is 1. The van der Waals surface area contributed by atoms with Crippen LogP contribution in [0.3, 0.4) is 0 Å². The van der Waals surface area contributed by atoms with Crippen molar-refractivity contribution in [3.05, 3.63) is 23.8 Å². The quantitative estimate of drug-likeness (QED) is 0.521. The Morgan fingerprint density at radius 1 is 1.21 bits per heavy atom. The Balaban J connectivity index is 1.75. The van der Waals surface area contributed by atoms with Gasteiger partial charge < -0.3 is 14.8 Å². The van der Waals surface area contributed by atoms with Crippen LogP contribution in [0.15, 0.2) is 18.2 Å². The van der Waals surface area contributed by atoms with Gasteiger partial charge in [-0.05, 0) is 50.8 Å². The monoisotopic (exact) mass is 401 g/mol. The van der Waals surface area contributed by atoms with Crippen molar-refractivity contribution in [3.63, 3.8) is 0 Å². The number of alkyl halides is 3. The number of carbonyl (C=O) groups is 2. The molecule has 0 aromatic heterocycles. The summed E-state index contributed by atoms with van der Waals surface area (Å²) in [6, 6.07) is 4.43. The molecule has 0 radical (unpaired) electrons. The highest BCUT2D eigenvalue weighted by molar-refractivity contribution is 5.94. The maximum atomic E-state index is 12.8. The summed E-state index contributed by atoms with van der Waals surface area (Å²) in [4.78, 5) is 23.4. The zero-order valence-corrected chi connectivity index (χ0v) is 16.1. The number of amides is 1. The van der Waals surface area contributed by atoms with Gasteiger partial charge in [-0.2, -0.15) is 13.2 Å². The van der Waals surface area contributed by atoms with Crippen LogP contribution < -0.4 is 14.8 Å². The number of halogens is 3. The Hall–Kier alpha value is -2.25. The molecule has 2 unspecified atom stereocenters. The first-order valence-electron chi connectivity index (χ1n) is 9.38. The number of rotatable bonds is 8. The second-order valence-electron chi connectivity index (χ2n) is 7.04. The summed E-state index contributed by atoms with van der Waals surface area (Å²) in [5, 5.41) is 2.71. The van der Waals surface area contributed by atoms with Crippen LogP contribution in [0.5, 0.6) is 11.5 Å². The van der Waals surface area contributed by atoms with Crippen LogP contribution in [0.4, 0.5) is 13.2 Å². The van der Waals surface area contributed by atoms with Gasteiger partial charge in [0, 0.05) is 18.0 Å². The number of hydrogen-bond acceptors (Lipinski definition) is 4. The summed E-state index contributed by atoms with van der Waals surface area (Å²) in [7, 11) is 1.47. The predicted octanol–water partition coefficient (Wildman–Crippen LogP) is 4.29. The van der Waals surface area contributed by atoms with Gasteiger partial charge in [0.15, 0.2) is 17.3 Å². The average molecular weight is 401 g/mol. The number of benzene rings is 1.